The molecule has 3 N–H and O–H groups in total. The molecule has 0 bridgehead atoms. The summed E-state index contributed by atoms with van der Waals surface area (Å²) in [5.41, 5.74) is 5.10. The molecule has 4 nitrogen and oxygen atoms in total. The van der Waals surface area contributed by atoms with E-state index in [0.717, 1.165) is 0 Å². The van der Waals surface area contributed by atoms with Crippen LogP contribution in [0.15, 0.2) is 24.3 Å². The van der Waals surface area contributed by atoms with Gasteiger partial charge in [0.15, 0.2) is 6.10 Å². The minimum absolute atomic E-state index is 0.258. The molecular weight excluding hydrogens is 308 g/mol. The molecule has 0 spiro atoms. The Morgan fingerprint density at radius 3 is 2.57 bits per heavy atom. The summed E-state index contributed by atoms with van der Waals surface area (Å²) in [6, 6.07) is 6.91. The molecular formula is C15H21ClN2O2S. The fourth-order valence-electron chi connectivity index (χ4n) is 1.97. The zero-order chi connectivity index (χ0) is 16.0. The summed E-state index contributed by atoms with van der Waals surface area (Å²) in [5, 5.41) is 3.46. The van der Waals surface area contributed by atoms with Gasteiger partial charge in [0, 0.05) is 5.02 Å². The Labute approximate surface area is 136 Å². The molecule has 1 atom stereocenters. The first kappa shape index (κ1) is 17.7. The second-order valence-corrected chi connectivity index (χ2v) is 5.74. The number of carbonyl (C=O) groups excluding carboxylic acids is 1. The largest absolute Gasteiger partial charge is 0.481 e. The molecule has 0 fully saturated rings. The third kappa shape index (κ3) is 4.58. The molecule has 6 heteroatoms. The van der Waals surface area contributed by atoms with E-state index in [1.54, 1.807) is 31.2 Å². The summed E-state index contributed by atoms with van der Waals surface area (Å²) >= 11 is 11.0. The van der Waals surface area contributed by atoms with Gasteiger partial charge in [-0.1, -0.05) is 43.7 Å². The normalized spacial score (nSPS) is 12.6. The van der Waals surface area contributed by atoms with E-state index in [1.807, 2.05) is 13.8 Å². The van der Waals surface area contributed by atoms with Gasteiger partial charge in [-0.05, 0) is 38.0 Å². The molecule has 0 saturated carbocycles. The lowest BCUT2D eigenvalue weighted by molar-refractivity contribution is -0.128. The number of ether oxygens (including phenoxy) is 1. The molecule has 0 aliphatic heterocycles. The average Bonchev–Trinajstić information content (AvgIpc) is 2.44. The third-order valence-corrected chi connectivity index (χ3v) is 4.15. The van der Waals surface area contributed by atoms with E-state index in [-0.39, 0.29) is 10.9 Å². The van der Waals surface area contributed by atoms with Crippen molar-refractivity contribution < 1.29 is 9.53 Å². The molecule has 1 aromatic rings. The summed E-state index contributed by atoms with van der Waals surface area (Å²) in [6.07, 6.45) is 0.596. The molecule has 0 radical (unpaired) electrons. The van der Waals surface area contributed by atoms with Crippen LogP contribution in [0.2, 0.25) is 5.02 Å². The van der Waals surface area contributed by atoms with Crippen LogP contribution in [0, 0.1) is 0 Å². The molecule has 0 aliphatic rings. The number of nitrogens with one attached hydrogen (secondary N) is 1. The molecule has 0 saturated heterocycles. The number of amides is 1. The highest BCUT2D eigenvalue weighted by molar-refractivity contribution is 7.80. The van der Waals surface area contributed by atoms with Crippen molar-refractivity contribution in [2.24, 2.45) is 5.73 Å². The number of hydrogen-bond donors (Lipinski definition) is 2. The van der Waals surface area contributed by atoms with Crippen molar-refractivity contribution in [1.29, 1.82) is 0 Å². The predicted octanol–water partition coefficient (Wildman–Crippen LogP) is 3.07. The van der Waals surface area contributed by atoms with Gasteiger partial charge < -0.3 is 15.8 Å². The summed E-state index contributed by atoms with van der Waals surface area (Å²) in [6.45, 7) is 5.54. The van der Waals surface area contributed by atoms with E-state index in [9.17, 15) is 4.79 Å². The van der Waals surface area contributed by atoms with Gasteiger partial charge in [0.1, 0.15) is 5.75 Å². The van der Waals surface area contributed by atoms with Crippen molar-refractivity contribution in [3.8, 4) is 5.75 Å². The Morgan fingerprint density at radius 1 is 1.48 bits per heavy atom. The summed E-state index contributed by atoms with van der Waals surface area (Å²) in [5.74, 6) is 0.283. The molecule has 116 valence electrons. The molecule has 1 unspecified atom stereocenters. The van der Waals surface area contributed by atoms with Crippen LogP contribution in [-0.2, 0) is 4.79 Å². The second-order valence-electron chi connectivity index (χ2n) is 4.86. The molecule has 21 heavy (non-hydrogen) atoms. The minimum Gasteiger partial charge on any atom is -0.481 e. The van der Waals surface area contributed by atoms with Crippen LogP contribution in [0.4, 0.5) is 0 Å². The Hall–Kier alpha value is -1.33. The van der Waals surface area contributed by atoms with Crippen molar-refractivity contribution in [2.75, 3.05) is 0 Å². The van der Waals surface area contributed by atoms with Gasteiger partial charge in [-0.3, -0.25) is 4.79 Å². The van der Waals surface area contributed by atoms with Gasteiger partial charge >= 0.3 is 0 Å². The highest BCUT2D eigenvalue weighted by Gasteiger charge is 2.33. The molecule has 1 amide bonds. The number of nitrogens with two attached hydrogens (primary N) is 1. The van der Waals surface area contributed by atoms with Crippen LogP contribution < -0.4 is 15.8 Å². The standard InChI is InChI=1S/C15H21ClN2O2S/c1-4-15(5-2,14(17)21)18-13(19)10(3)20-12-8-6-7-11(16)9-12/h6-10H,4-5H2,1-3H3,(H2,17,21)(H,18,19). The van der Waals surface area contributed by atoms with Crippen molar-refractivity contribution in [2.45, 2.75) is 45.3 Å². The van der Waals surface area contributed by atoms with Gasteiger partial charge in [0.25, 0.3) is 5.91 Å². The van der Waals surface area contributed by atoms with Crippen molar-refractivity contribution >= 4 is 34.7 Å². The van der Waals surface area contributed by atoms with Gasteiger partial charge in [-0.15, -0.1) is 0 Å². The number of halogens is 1. The summed E-state index contributed by atoms with van der Waals surface area (Å²) in [7, 11) is 0. The fraction of sp³-hybridized carbons (Fsp3) is 0.467. The Kier molecular flexibility index (Phi) is 6.42. The van der Waals surface area contributed by atoms with E-state index in [4.69, 9.17) is 34.3 Å². The lowest BCUT2D eigenvalue weighted by Crippen LogP contribution is -2.58. The van der Waals surface area contributed by atoms with Crippen LogP contribution >= 0.6 is 23.8 Å². The Morgan fingerprint density at radius 2 is 2.10 bits per heavy atom. The first-order valence-corrected chi connectivity index (χ1v) is 7.67. The topological polar surface area (TPSA) is 64.3 Å². The second kappa shape index (κ2) is 7.61. The lowest BCUT2D eigenvalue weighted by Gasteiger charge is -2.32. The van der Waals surface area contributed by atoms with E-state index in [1.165, 1.54) is 0 Å². The van der Waals surface area contributed by atoms with E-state index in [0.29, 0.717) is 23.6 Å². The molecule has 0 aliphatic carbocycles. The lowest BCUT2D eigenvalue weighted by atomic mass is 9.92. The van der Waals surface area contributed by atoms with E-state index >= 15 is 0 Å². The Bertz CT molecular complexity index is 518. The van der Waals surface area contributed by atoms with Crippen LogP contribution in [0.5, 0.6) is 5.75 Å². The maximum Gasteiger partial charge on any atom is 0.261 e. The van der Waals surface area contributed by atoms with Crippen molar-refractivity contribution in [1.82, 2.24) is 5.32 Å². The van der Waals surface area contributed by atoms with Gasteiger partial charge in [-0.25, -0.2) is 0 Å². The summed E-state index contributed by atoms with van der Waals surface area (Å²) in [4.78, 5) is 12.6. The number of benzene rings is 1. The van der Waals surface area contributed by atoms with Crippen LogP contribution in [0.25, 0.3) is 0 Å². The quantitative estimate of drug-likeness (QED) is 0.755. The van der Waals surface area contributed by atoms with E-state index < -0.39 is 11.6 Å². The number of rotatable bonds is 7. The van der Waals surface area contributed by atoms with Crippen molar-refractivity contribution in [3.63, 3.8) is 0 Å². The smallest absolute Gasteiger partial charge is 0.261 e. The molecule has 0 heterocycles. The average molecular weight is 329 g/mol. The van der Waals surface area contributed by atoms with Gasteiger partial charge in [0.2, 0.25) is 0 Å². The van der Waals surface area contributed by atoms with Crippen LogP contribution in [0.1, 0.15) is 33.6 Å². The highest BCUT2D eigenvalue weighted by Crippen LogP contribution is 2.20. The molecule has 1 aromatic carbocycles. The molecule has 0 aromatic heterocycles. The van der Waals surface area contributed by atoms with Gasteiger partial charge in [0.05, 0.1) is 10.5 Å². The number of carbonyl (C=O) groups is 1. The van der Waals surface area contributed by atoms with Crippen LogP contribution in [-0.4, -0.2) is 22.5 Å². The first-order chi connectivity index (χ1) is 9.84. The van der Waals surface area contributed by atoms with E-state index in [2.05, 4.69) is 5.32 Å². The highest BCUT2D eigenvalue weighted by atomic mass is 35.5. The number of hydrogen-bond acceptors (Lipinski definition) is 3. The minimum atomic E-state index is -0.671. The third-order valence-electron chi connectivity index (χ3n) is 3.52. The maximum absolute atomic E-state index is 12.3. The predicted molar refractivity (Wildman–Crippen MR) is 89.8 cm³/mol. The zero-order valence-electron chi connectivity index (χ0n) is 12.5. The SMILES string of the molecule is CCC(CC)(NC(=O)C(C)Oc1cccc(Cl)c1)C(N)=S. The van der Waals surface area contributed by atoms with Crippen molar-refractivity contribution in [3.05, 3.63) is 29.3 Å². The summed E-state index contributed by atoms with van der Waals surface area (Å²) < 4.78 is 5.59. The molecule has 1 rings (SSSR count). The van der Waals surface area contributed by atoms with Gasteiger partial charge in [-0.2, -0.15) is 0 Å². The maximum atomic E-state index is 12.3. The number of thiocarbonyl (C=S) groups is 1. The first-order valence-electron chi connectivity index (χ1n) is 6.88. The monoisotopic (exact) mass is 328 g/mol. The van der Waals surface area contributed by atoms with Crippen LogP contribution in [0.3, 0.4) is 0 Å². The fourth-order valence-corrected chi connectivity index (χ4v) is 2.49. The zero-order valence-corrected chi connectivity index (χ0v) is 14.1. The Balaban J connectivity index is 2.76.